The molecule has 8 aromatic carbocycles. The summed E-state index contributed by atoms with van der Waals surface area (Å²) < 4.78 is 4.76. The van der Waals surface area contributed by atoms with Crippen LogP contribution in [-0.4, -0.2) is 15.0 Å². The number of hydrogen-bond acceptors (Lipinski definition) is 2. The molecule has 1 unspecified atom stereocenters. The number of nitrogens with one attached hydrogen (secondary N) is 1. The van der Waals surface area contributed by atoms with E-state index in [-0.39, 0.29) is 6.04 Å². The van der Waals surface area contributed by atoms with Gasteiger partial charge in [0.1, 0.15) is 11.9 Å². The summed E-state index contributed by atoms with van der Waals surface area (Å²) in [6, 6.07) is 65.4. The van der Waals surface area contributed by atoms with Gasteiger partial charge in [0.2, 0.25) is 0 Å². The third kappa shape index (κ3) is 4.31. The van der Waals surface area contributed by atoms with E-state index in [4.69, 9.17) is 4.99 Å². The van der Waals surface area contributed by atoms with Crippen molar-refractivity contribution < 1.29 is 0 Å². The SMILES string of the molecule is c1ccc(C2Nc3ccccc3N=C2n2c3ccccc3c3cc(-c4ccc5c(c4)c4c6ccccc6ccc4n5-c4ccccc4)ccc32)cc1. The molecule has 0 aliphatic carbocycles. The number of para-hydroxylation sites is 4. The third-order valence-electron chi connectivity index (χ3n) is 10.7. The second-order valence-electron chi connectivity index (χ2n) is 13.6. The van der Waals surface area contributed by atoms with Gasteiger partial charge in [-0.2, -0.15) is 0 Å². The van der Waals surface area contributed by atoms with Crippen LogP contribution < -0.4 is 5.32 Å². The molecule has 10 aromatic rings. The molecule has 52 heavy (non-hydrogen) atoms. The summed E-state index contributed by atoms with van der Waals surface area (Å²) in [6.07, 6.45) is 0. The Labute approximate surface area is 300 Å². The molecular formula is C48H32N4. The number of rotatable bonds is 3. The lowest BCUT2D eigenvalue weighted by atomic mass is 9.99. The van der Waals surface area contributed by atoms with Crippen molar-refractivity contribution in [1.82, 2.24) is 9.13 Å². The average molecular weight is 665 g/mol. The third-order valence-corrected chi connectivity index (χ3v) is 10.7. The van der Waals surface area contributed by atoms with Gasteiger partial charge in [0.05, 0.1) is 33.4 Å². The van der Waals surface area contributed by atoms with E-state index < -0.39 is 0 Å². The van der Waals surface area contributed by atoms with Crippen molar-refractivity contribution in [3.63, 3.8) is 0 Å². The normalized spacial score (nSPS) is 14.2. The van der Waals surface area contributed by atoms with Crippen LogP contribution in [0, 0.1) is 0 Å². The fraction of sp³-hybridized carbons (Fsp3) is 0.0208. The first-order chi connectivity index (χ1) is 25.8. The fourth-order valence-corrected chi connectivity index (χ4v) is 8.38. The summed E-state index contributed by atoms with van der Waals surface area (Å²) in [5, 5.41) is 11.3. The topological polar surface area (TPSA) is 34.2 Å². The van der Waals surface area contributed by atoms with E-state index in [2.05, 4.69) is 196 Å². The molecule has 4 heteroatoms. The summed E-state index contributed by atoms with van der Waals surface area (Å²) in [6.45, 7) is 0. The van der Waals surface area contributed by atoms with Crippen molar-refractivity contribution in [3.05, 3.63) is 188 Å². The minimum Gasteiger partial charge on any atom is -0.370 e. The molecular weight excluding hydrogens is 633 g/mol. The Balaban J connectivity index is 1.14. The van der Waals surface area contributed by atoms with Crippen LogP contribution >= 0.6 is 0 Å². The van der Waals surface area contributed by atoms with Crippen LogP contribution in [0.5, 0.6) is 0 Å². The minimum absolute atomic E-state index is 0.117. The van der Waals surface area contributed by atoms with Crippen LogP contribution in [0.15, 0.2) is 187 Å². The van der Waals surface area contributed by atoms with Crippen molar-refractivity contribution >= 4 is 71.6 Å². The Morgan fingerprint density at radius 3 is 1.88 bits per heavy atom. The van der Waals surface area contributed by atoms with Gasteiger partial charge in [0, 0.05) is 27.2 Å². The van der Waals surface area contributed by atoms with Crippen molar-refractivity contribution in [2.75, 3.05) is 5.32 Å². The van der Waals surface area contributed by atoms with Crippen LogP contribution in [0.4, 0.5) is 11.4 Å². The molecule has 3 heterocycles. The van der Waals surface area contributed by atoms with Gasteiger partial charge >= 0.3 is 0 Å². The maximum absolute atomic E-state index is 5.36. The molecule has 0 radical (unpaired) electrons. The highest BCUT2D eigenvalue weighted by Crippen LogP contribution is 2.42. The molecule has 1 N–H and O–H groups in total. The standard InChI is InChI=1S/C48H32N4/c1-3-14-32(15-4-1)47-48(50-41-21-11-10-20-40(41)49-47)52-42-22-12-9-19-37(42)38-29-33(24-26-43(38)52)34-25-27-44-39(30-34)46-36-18-8-7-13-31(36)23-28-45(46)51(44)35-16-5-2-6-17-35/h1-30,47,49H. The molecule has 2 aromatic heterocycles. The average Bonchev–Trinajstić information content (AvgIpc) is 3.73. The van der Waals surface area contributed by atoms with Crippen molar-refractivity contribution in [3.8, 4) is 16.8 Å². The molecule has 0 fully saturated rings. The zero-order chi connectivity index (χ0) is 34.2. The van der Waals surface area contributed by atoms with E-state index >= 15 is 0 Å². The number of nitrogens with zero attached hydrogens (tertiary/aromatic N) is 3. The largest absolute Gasteiger partial charge is 0.370 e. The van der Waals surface area contributed by atoms with E-state index in [1.807, 2.05) is 0 Å². The molecule has 1 aliphatic heterocycles. The minimum atomic E-state index is -0.117. The molecule has 244 valence electrons. The molecule has 0 spiro atoms. The summed E-state index contributed by atoms with van der Waals surface area (Å²) in [4.78, 5) is 5.36. The lowest BCUT2D eigenvalue weighted by Crippen LogP contribution is -2.29. The van der Waals surface area contributed by atoms with Crippen LogP contribution in [0.1, 0.15) is 11.6 Å². The molecule has 1 atom stereocenters. The summed E-state index contributed by atoms with van der Waals surface area (Å²) in [7, 11) is 0. The van der Waals surface area contributed by atoms with Crippen LogP contribution in [0.25, 0.3) is 71.2 Å². The maximum Gasteiger partial charge on any atom is 0.141 e. The van der Waals surface area contributed by atoms with Gasteiger partial charge in [-0.25, -0.2) is 4.99 Å². The number of hydrogen-bond donors (Lipinski definition) is 1. The van der Waals surface area contributed by atoms with Gasteiger partial charge in [0.25, 0.3) is 0 Å². The van der Waals surface area contributed by atoms with E-state index in [9.17, 15) is 0 Å². The lowest BCUT2D eigenvalue weighted by Gasteiger charge is -2.29. The highest BCUT2D eigenvalue weighted by atomic mass is 15.2. The second kappa shape index (κ2) is 11.3. The summed E-state index contributed by atoms with van der Waals surface area (Å²) in [5.41, 5.74) is 11.4. The smallest absolute Gasteiger partial charge is 0.141 e. The van der Waals surface area contributed by atoms with Crippen LogP contribution in [-0.2, 0) is 0 Å². The Morgan fingerprint density at radius 1 is 0.442 bits per heavy atom. The van der Waals surface area contributed by atoms with Crippen LogP contribution in [0.3, 0.4) is 0 Å². The first kappa shape index (κ1) is 28.9. The van der Waals surface area contributed by atoms with Gasteiger partial charge in [-0.1, -0.05) is 121 Å². The molecule has 0 amide bonds. The van der Waals surface area contributed by atoms with Crippen molar-refractivity contribution in [1.29, 1.82) is 0 Å². The Hall–Kier alpha value is -6.91. The van der Waals surface area contributed by atoms with E-state index in [1.54, 1.807) is 0 Å². The molecule has 0 saturated carbocycles. The maximum atomic E-state index is 5.36. The molecule has 4 nitrogen and oxygen atoms in total. The zero-order valence-corrected chi connectivity index (χ0v) is 28.2. The summed E-state index contributed by atoms with van der Waals surface area (Å²) in [5.74, 6) is 0.964. The van der Waals surface area contributed by atoms with E-state index in [0.29, 0.717) is 0 Å². The van der Waals surface area contributed by atoms with E-state index in [0.717, 1.165) is 33.9 Å². The molecule has 0 saturated heterocycles. The predicted octanol–water partition coefficient (Wildman–Crippen LogP) is 12.5. The van der Waals surface area contributed by atoms with Gasteiger partial charge < -0.3 is 9.88 Å². The van der Waals surface area contributed by atoms with E-state index in [1.165, 1.54) is 60.0 Å². The van der Waals surface area contributed by atoms with Gasteiger partial charge in [0.15, 0.2) is 0 Å². The number of aromatic nitrogens is 2. The highest BCUT2D eigenvalue weighted by Gasteiger charge is 2.28. The second-order valence-corrected chi connectivity index (χ2v) is 13.6. The molecule has 1 aliphatic rings. The zero-order valence-electron chi connectivity index (χ0n) is 28.2. The van der Waals surface area contributed by atoms with Gasteiger partial charge in [-0.15, -0.1) is 0 Å². The quantitative estimate of drug-likeness (QED) is 0.200. The number of benzene rings is 8. The Bertz CT molecular complexity index is 3040. The van der Waals surface area contributed by atoms with Crippen LogP contribution in [0.2, 0.25) is 0 Å². The monoisotopic (exact) mass is 664 g/mol. The Kier molecular flexibility index (Phi) is 6.28. The molecule has 0 bridgehead atoms. The highest BCUT2D eigenvalue weighted by molar-refractivity contribution is 6.22. The summed E-state index contributed by atoms with van der Waals surface area (Å²) >= 11 is 0. The van der Waals surface area contributed by atoms with Gasteiger partial charge in [-0.05, 0) is 88.1 Å². The fourth-order valence-electron chi connectivity index (χ4n) is 8.38. The molecule has 11 rings (SSSR count). The number of anilines is 1. The Morgan fingerprint density at radius 2 is 1.06 bits per heavy atom. The first-order valence-corrected chi connectivity index (χ1v) is 17.8. The lowest BCUT2D eigenvalue weighted by molar-refractivity contribution is 0.962. The van der Waals surface area contributed by atoms with Crippen molar-refractivity contribution in [2.45, 2.75) is 6.04 Å². The van der Waals surface area contributed by atoms with Crippen molar-refractivity contribution in [2.24, 2.45) is 4.99 Å². The number of aliphatic imine (C=N–C) groups is 1. The van der Waals surface area contributed by atoms with Gasteiger partial charge in [-0.3, -0.25) is 4.57 Å². The number of fused-ring (bicyclic) bond motifs is 9. The first-order valence-electron chi connectivity index (χ1n) is 17.8. The predicted molar refractivity (Wildman–Crippen MR) is 218 cm³/mol.